The first-order valence-corrected chi connectivity index (χ1v) is 15.5. The lowest BCUT2D eigenvalue weighted by Crippen LogP contribution is -2.42. The average Bonchev–Trinajstić information content (AvgIpc) is 3.51. The Morgan fingerprint density at radius 2 is 1.57 bits per heavy atom. The molecule has 1 unspecified atom stereocenters. The third-order valence-electron chi connectivity index (χ3n) is 7.06. The van der Waals surface area contributed by atoms with E-state index in [-0.39, 0.29) is 12.3 Å². The van der Waals surface area contributed by atoms with E-state index in [9.17, 15) is 14.7 Å². The van der Waals surface area contributed by atoms with Crippen LogP contribution in [0.2, 0.25) is 0 Å². The van der Waals surface area contributed by atoms with Crippen molar-refractivity contribution in [2.24, 2.45) is 0 Å². The number of benzene rings is 2. The standard InChI is InChI=1S/C34H39N3O4S/c1-4-5-6-7-8-17-41-29-15-13-25(14-16-29)28-20-35-32(36-21-28)26-11-9-24(10-12-26)18-30(34(39)40)37-33(38)27-19-31(23(2)3)42-22-27/h9-16,19-23,30H,4-8,17-18H2,1-3H3,(H,37,38)(H,39,40). The summed E-state index contributed by atoms with van der Waals surface area (Å²) in [5.41, 5.74) is 4.02. The van der Waals surface area contributed by atoms with Crippen molar-refractivity contribution in [3.8, 4) is 28.3 Å². The maximum absolute atomic E-state index is 12.7. The molecular weight excluding hydrogens is 546 g/mol. The second-order valence-electron chi connectivity index (χ2n) is 10.7. The number of carboxylic acids is 1. The molecule has 220 valence electrons. The molecule has 0 saturated carbocycles. The Morgan fingerprint density at radius 1 is 0.905 bits per heavy atom. The van der Waals surface area contributed by atoms with Crippen LogP contribution in [0.4, 0.5) is 0 Å². The van der Waals surface area contributed by atoms with Crippen LogP contribution in [0, 0.1) is 0 Å². The van der Waals surface area contributed by atoms with Gasteiger partial charge in [-0.1, -0.05) is 82.9 Å². The second kappa shape index (κ2) is 15.3. The lowest BCUT2D eigenvalue weighted by molar-refractivity contribution is -0.139. The van der Waals surface area contributed by atoms with Crippen molar-refractivity contribution >= 4 is 23.2 Å². The molecule has 7 nitrogen and oxygen atoms in total. The van der Waals surface area contributed by atoms with E-state index in [1.807, 2.05) is 54.6 Å². The largest absolute Gasteiger partial charge is 0.494 e. The number of amides is 1. The number of carboxylic acid groups (broad SMARTS) is 1. The van der Waals surface area contributed by atoms with Gasteiger partial charge in [0.15, 0.2) is 5.82 Å². The van der Waals surface area contributed by atoms with Crippen molar-refractivity contribution in [1.29, 1.82) is 0 Å². The molecule has 4 aromatic rings. The number of rotatable bonds is 15. The summed E-state index contributed by atoms with van der Waals surface area (Å²) in [4.78, 5) is 34.7. The van der Waals surface area contributed by atoms with E-state index >= 15 is 0 Å². The normalized spacial score (nSPS) is 11.8. The topological polar surface area (TPSA) is 101 Å². The van der Waals surface area contributed by atoms with E-state index in [4.69, 9.17) is 4.74 Å². The lowest BCUT2D eigenvalue weighted by atomic mass is 10.0. The van der Waals surface area contributed by atoms with Gasteiger partial charge in [-0.25, -0.2) is 14.8 Å². The number of aliphatic carboxylic acids is 1. The van der Waals surface area contributed by atoms with Crippen molar-refractivity contribution in [2.45, 2.75) is 71.3 Å². The molecule has 0 aliphatic rings. The molecule has 4 rings (SSSR count). The number of hydrogen-bond acceptors (Lipinski definition) is 6. The quantitative estimate of drug-likeness (QED) is 0.138. The Labute approximate surface area is 252 Å². The molecule has 0 aliphatic heterocycles. The highest BCUT2D eigenvalue weighted by Gasteiger charge is 2.22. The molecule has 0 bridgehead atoms. The Kier molecular flexibility index (Phi) is 11.2. The summed E-state index contributed by atoms with van der Waals surface area (Å²) in [7, 11) is 0. The highest BCUT2D eigenvalue weighted by Crippen LogP contribution is 2.25. The van der Waals surface area contributed by atoms with Crippen molar-refractivity contribution in [1.82, 2.24) is 15.3 Å². The van der Waals surface area contributed by atoms with Gasteiger partial charge in [0.1, 0.15) is 11.8 Å². The summed E-state index contributed by atoms with van der Waals surface area (Å²) < 4.78 is 5.86. The minimum Gasteiger partial charge on any atom is -0.494 e. The molecule has 0 radical (unpaired) electrons. The first kappa shape index (κ1) is 30.9. The second-order valence-corrected chi connectivity index (χ2v) is 11.7. The lowest BCUT2D eigenvalue weighted by Gasteiger charge is -2.14. The summed E-state index contributed by atoms with van der Waals surface area (Å²) in [5.74, 6) is 0.299. The number of thiophene rings is 1. The Hall–Kier alpha value is -4.04. The van der Waals surface area contributed by atoms with Gasteiger partial charge in [0.2, 0.25) is 0 Å². The maximum Gasteiger partial charge on any atom is 0.326 e. The minimum absolute atomic E-state index is 0.168. The summed E-state index contributed by atoms with van der Waals surface area (Å²) in [6.07, 6.45) is 9.83. The van der Waals surface area contributed by atoms with E-state index in [0.717, 1.165) is 45.9 Å². The number of hydrogen-bond donors (Lipinski definition) is 2. The van der Waals surface area contributed by atoms with Crippen LogP contribution in [0.5, 0.6) is 5.75 Å². The van der Waals surface area contributed by atoms with E-state index in [0.29, 0.717) is 17.3 Å². The predicted octanol–water partition coefficient (Wildman–Crippen LogP) is 7.77. The number of nitrogens with one attached hydrogen (secondary N) is 1. The van der Waals surface area contributed by atoms with Gasteiger partial charge in [-0.2, -0.15) is 0 Å². The zero-order chi connectivity index (χ0) is 29.9. The van der Waals surface area contributed by atoms with E-state index in [1.165, 1.54) is 37.0 Å². The fourth-order valence-electron chi connectivity index (χ4n) is 4.51. The molecule has 2 aromatic heterocycles. The van der Waals surface area contributed by atoms with E-state index < -0.39 is 12.0 Å². The van der Waals surface area contributed by atoms with Crippen LogP contribution in [0.25, 0.3) is 22.5 Å². The molecule has 2 aromatic carbocycles. The monoisotopic (exact) mass is 585 g/mol. The SMILES string of the molecule is CCCCCCCOc1ccc(-c2cnc(-c3ccc(CC(NC(=O)c4csc(C(C)C)c4)C(=O)O)cc3)nc2)cc1. The van der Waals surface area contributed by atoms with Crippen LogP contribution in [-0.2, 0) is 11.2 Å². The highest BCUT2D eigenvalue weighted by atomic mass is 32.1. The number of nitrogens with zero attached hydrogens (tertiary/aromatic N) is 2. The fourth-order valence-corrected chi connectivity index (χ4v) is 5.41. The number of ether oxygens (including phenoxy) is 1. The molecule has 1 atom stereocenters. The van der Waals surface area contributed by atoms with Crippen LogP contribution < -0.4 is 10.1 Å². The van der Waals surface area contributed by atoms with Crippen LogP contribution in [0.1, 0.15) is 79.6 Å². The van der Waals surface area contributed by atoms with Gasteiger partial charge in [0.25, 0.3) is 5.91 Å². The number of carbonyl (C=O) groups is 2. The molecule has 2 heterocycles. The molecule has 0 aliphatic carbocycles. The Balaban J connectivity index is 1.32. The third kappa shape index (κ3) is 8.73. The Morgan fingerprint density at radius 3 is 2.19 bits per heavy atom. The Bertz CT molecular complexity index is 1430. The van der Waals surface area contributed by atoms with Gasteiger partial charge < -0.3 is 15.2 Å². The van der Waals surface area contributed by atoms with Gasteiger partial charge >= 0.3 is 5.97 Å². The summed E-state index contributed by atoms with van der Waals surface area (Å²) in [6.45, 7) is 7.07. The summed E-state index contributed by atoms with van der Waals surface area (Å²) >= 11 is 1.50. The van der Waals surface area contributed by atoms with Crippen LogP contribution in [0.3, 0.4) is 0 Å². The molecule has 8 heteroatoms. The predicted molar refractivity (Wildman–Crippen MR) is 168 cm³/mol. The molecular formula is C34H39N3O4S. The molecule has 0 saturated heterocycles. The first-order valence-electron chi connectivity index (χ1n) is 14.6. The number of aromatic nitrogens is 2. The highest BCUT2D eigenvalue weighted by molar-refractivity contribution is 7.10. The first-order chi connectivity index (χ1) is 20.3. The maximum atomic E-state index is 12.7. The summed E-state index contributed by atoms with van der Waals surface area (Å²) in [5, 5.41) is 14.2. The van der Waals surface area contributed by atoms with E-state index in [1.54, 1.807) is 17.8 Å². The fraction of sp³-hybridized carbons (Fsp3) is 0.353. The number of unbranched alkanes of at least 4 members (excludes halogenated alkanes) is 4. The van der Waals surface area contributed by atoms with E-state index in [2.05, 4.69) is 36.1 Å². The zero-order valence-electron chi connectivity index (χ0n) is 24.5. The van der Waals surface area contributed by atoms with Crippen molar-refractivity contribution in [3.63, 3.8) is 0 Å². The van der Waals surface area contributed by atoms with Crippen molar-refractivity contribution in [2.75, 3.05) is 6.61 Å². The minimum atomic E-state index is -1.08. The molecule has 0 fully saturated rings. The number of carbonyl (C=O) groups excluding carboxylic acids is 1. The van der Waals surface area contributed by atoms with Gasteiger partial charge in [-0.3, -0.25) is 4.79 Å². The molecule has 42 heavy (non-hydrogen) atoms. The van der Waals surface area contributed by atoms with Crippen LogP contribution >= 0.6 is 11.3 Å². The van der Waals surface area contributed by atoms with Gasteiger partial charge in [0, 0.05) is 40.2 Å². The third-order valence-corrected chi connectivity index (χ3v) is 8.30. The van der Waals surface area contributed by atoms with Crippen LogP contribution in [-0.4, -0.2) is 39.6 Å². The smallest absolute Gasteiger partial charge is 0.326 e. The molecule has 2 N–H and O–H groups in total. The van der Waals surface area contributed by atoms with Gasteiger partial charge in [0.05, 0.1) is 12.2 Å². The zero-order valence-corrected chi connectivity index (χ0v) is 25.3. The van der Waals surface area contributed by atoms with Crippen LogP contribution in [0.15, 0.2) is 72.4 Å². The summed E-state index contributed by atoms with van der Waals surface area (Å²) in [6, 6.07) is 16.2. The average molecular weight is 586 g/mol. The molecule has 0 spiro atoms. The molecule has 1 amide bonds. The van der Waals surface area contributed by atoms with Crippen molar-refractivity contribution < 1.29 is 19.4 Å². The van der Waals surface area contributed by atoms with Gasteiger partial charge in [-0.05, 0) is 41.7 Å². The van der Waals surface area contributed by atoms with Crippen molar-refractivity contribution in [3.05, 3.63) is 88.4 Å². The van der Waals surface area contributed by atoms with Gasteiger partial charge in [-0.15, -0.1) is 11.3 Å².